The van der Waals surface area contributed by atoms with E-state index in [0.717, 1.165) is 16.5 Å². The number of carbonyl (C=O) groups is 2. The zero-order valence-electron chi connectivity index (χ0n) is 13.7. The Morgan fingerprint density at radius 2 is 2.08 bits per heavy atom. The van der Waals surface area contributed by atoms with Gasteiger partial charge in [0, 0.05) is 53.3 Å². The van der Waals surface area contributed by atoms with E-state index in [1.54, 1.807) is 35.3 Å². The average molecular weight is 351 g/mol. The molecule has 3 heterocycles. The molecule has 2 unspecified atom stereocenters. The molecule has 2 atom stereocenters. The van der Waals surface area contributed by atoms with Crippen LogP contribution < -0.4 is 0 Å². The van der Waals surface area contributed by atoms with Gasteiger partial charge in [-0.3, -0.25) is 14.6 Å². The molecular weight excluding hydrogens is 334 g/mol. The Labute approximate surface area is 149 Å². The first-order chi connectivity index (χ1) is 12.2. The molecule has 5 nitrogen and oxygen atoms in total. The van der Waals surface area contributed by atoms with Crippen LogP contribution in [0.15, 0.2) is 55.0 Å². The van der Waals surface area contributed by atoms with E-state index in [-0.39, 0.29) is 17.1 Å². The van der Waals surface area contributed by atoms with Gasteiger partial charge in [0.05, 0.1) is 0 Å². The van der Waals surface area contributed by atoms with Gasteiger partial charge in [-0.25, -0.2) is 0 Å². The second-order valence-electron chi connectivity index (χ2n) is 6.03. The minimum atomic E-state index is -0.466. The van der Waals surface area contributed by atoms with E-state index in [2.05, 4.69) is 9.97 Å². The fourth-order valence-corrected chi connectivity index (χ4v) is 4.79. The molecule has 0 radical (unpaired) electrons. The highest BCUT2D eigenvalue weighted by Crippen LogP contribution is 2.42. The van der Waals surface area contributed by atoms with Crippen LogP contribution in [0.4, 0.5) is 0 Å². The highest BCUT2D eigenvalue weighted by molar-refractivity contribution is 7.99. The standard InChI is InChI=1S/C19H17N3O2S/c1-12(23)22-17(11-25-19(22)13-5-4-8-20-9-13)18(24)15-10-21-16-7-3-2-6-14(15)16/h2-10,17,19,21H,11H2,1H3. The molecule has 6 heteroatoms. The molecule has 126 valence electrons. The Hall–Kier alpha value is -2.60. The van der Waals surface area contributed by atoms with Crippen molar-refractivity contribution in [2.24, 2.45) is 0 Å². The first-order valence-corrected chi connectivity index (χ1v) is 9.12. The monoisotopic (exact) mass is 351 g/mol. The van der Waals surface area contributed by atoms with Gasteiger partial charge in [-0.05, 0) is 12.1 Å². The molecule has 25 heavy (non-hydrogen) atoms. The van der Waals surface area contributed by atoms with Crippen molar-refractivity contribution in [1.29, 1.82) is 0 Å². The summed E-state index contributed by atoms with van der Waals surface area (Å²) in [6.07, 6.45) is 5.20. The number of ketones is 1. The van der Waals surface area contributed by atoms with E-state index in [4.69, 9.17) is 0 Å². The number of aromatic nitrogens is 2. The summed E-state index contributed by atoms with van der Waals surface area (Å²) in [7, 11) is 0. The van der Waals surface area contributed by atoms with Crippen LogP contribution in [0.5, 0.6) is 0 Å². The van der Waals surface area contributed by atoms with E-state index >= 15 is 0 Å². The number of hydrogen-bond acceptors (Lipinski definition) is 4. The minimum Gasteiger partial charge on any atom is -0.360 e. The lowest BCUT2D eigenvalue weighted by Gasteiger charge is -2.27. The van der Waals surface area contributed by atoms with Crippen LogP contribution in [-0.2, 0) is 4.79 Å². The van der Waals surface area contributed by atoms with Crippen molar-refractivity contribution in [2.75, 3.05) is 5.75 Å². The van der Waals surface area contributed by atoms with Crippen molar-refractivity contribution < 1.29 is 9.59 Å². The van der Waals surface area contributed by atoms with Crippen molar-refractivity contribution in [2.45, 2.75) is 18.3 Å². The van der Waals surface area contributed by atoms with Crippen LogP contribution in [0.25, 0.3) is 10.9 Å². The number of rotatable bonds is 3. The molecule has 1 aliphatic rings. The molecule has 1 fully saturated rings. The van der Waals surface area contributed by atoms with Crippen LogP contribution in [0, 0.1) is 0 Å². The minimum absolute atomic E-state index is 0.0217. The number of hydrogen-bond donors (Lipinski definition) is 1. The quantitative estimate of drug-likeness (QED) is 0.735. The highest BCUT2D eigenvalue weighted by Gasteiger charge is 2.41. The number of amides is 1. The van der Waals surface area contributed by atoms with Crippen LogP contribution in [-0.4, -0.2) is 38.4 Å². The maximum atomic E-state index is 13.2. The van der Waals surface area contributed by atoms with Crippen LogP contribution >= 0.6 is 11.8 Å². The van der Waals surface area contributed by atoms with Crippen LogP contribution in [0.3, 0.4) is 0 Å². The number of nitrogens with one attached hydrogen (secondary N) is 1. The number of pyridine rings is 1. The fraction of sp³-hybridized carbons (Fsp3) is 0.211. The van der Waals surface area contributed by atoms with E-state index in [1.807, 2.05) is 36.4 Å². The summed E-state index contributed by atoms with van der Waals surface area (Å²) in [5.41, 5.74) is 2.51. The van der Waals surface area contributed by atoms with Crippen molar-refractivity contribution >= 4 is 34.4 Å². The number of nitrogens with zero attached hydrogens (tertiary/aromatic N) is 2. The van der Waals surface area contributed by atoms with Gasteiger partial charge in [-0.2, -0.15) is 0 Å². The molecule has 1 aliphatic heterocycles. The maximum Gasteiger partial charge on any atom is 0.221 e. The van der Waals surface area contributed by atoms with E-state index in [9.17, 15) is 9.59 Å². The average Bonchev–Trinajstić information content (AvgIpc) is 3.26. The zero-order chi connectivity index (χ0) is 17.4. The largest absolute Gasteiger partial charge is 0.360 e. The number of fused-ring (bicyclic) bond motifs is 1. The molecule has 0 saturated carbocycles. The summed E-state index contributed by atoms with van der Waals surface area (Å²) in [6.45, 7) is 1.52. The summed E-state index contributed by atoms with van der Waals surface area (Å²) < 4.78 is 0. The van der Waals surface area contributed by atoms with Crippen molar-refractivity contribution in [1.82, 2.24) is 14.9 Å². The Balaban J connectivity index is 1.70. The van der Waals surface area contributed by atoms with Crippen LogP contribution in [0.2, 0.25) is 0 Å². The van der Waals surface area contributed by atoms with Gasteiger partial charge in [-0.1, -0.05) is 24.3 Å². The topological polar surface area (TPSA) is 66.1 Å². The predicted molar refractivity (Wildman–Crippen MR) is 98.4 cm³/mol. The molecule has 1 amide bonds. The van der Waals surface area contributed by atoms with Crippen molar-refractivity contribution in [3.8, 4) is 0 Å². The van der Waals surface area contributed by atoms with E-state index < -0.39 is 6.04 Å². The molecule has 1 aromatic carbocycles. The summed E-state index contributed by atoms with van der Waals surface area (Å²) in [4.78, 5) is 34.4. The SMILES string of the molecule is CC(=O)N1C(C(=O)c2c[nH]c3ccccc23)CSC1c1cccnc1. The molecule has 0 aliphatic carbocycles. The molecule has 4 rings (SSSR count). The molecule has 1 N–H and O–H groups in total. The molecule has 3 aromatic rings. The van der Waals surface area contributed by atoms with Gasteiger partial charge in [0.2, 0.25) is 5.91 Å². The van der Waals surface area contributed by atoms with E-state index in [0.29, 0.717) is 11.3 Å². The number of Topliss-reactive ketones (excluding diaryl/α,β-unsaturated/α-hetero) is 1. The summed E-state index contributed by atoms with van der Waals surface area (Å²) in [6, 6.07) is 11.0. The second-order valence-corrected chi connectivity index (χ2v) is 7.14. The summed E-state index contributed by atoms with van der Waals surface area (Å²) in [5.74, 6) is 0.459. The smallest absolute Gasteiger partial charge is 0.221 e. The summed E-state index contributed by atoms with van der Waals surface area (Å²) in [5, 5.41) is 0.719. The third-order valence-corrected chi connectivity index (χ3v) is 5.81. The zero-order valence-corrected chi connectivity index (χ0v) is 14.5. The third kappa shape index (κ3) is 2.72. The molecule has 0 bridgehead atoms. The fourth-order valence-electron chi connectivity index (χ4n) is 3.33. The Morgan fingerprint density at radius 3 is 2.84 bits per heavy atom. The number of benzene rings is 1. The van der Waals surface area contributed by atoms with Gasteiger partial charge < -0.3 is 9.88 Å². The van der Waals surface area contributed by atoms with Gasteiger partial charge in [0.15, 0.2) is 5.78 Å². The normalized spacial score (nSPS) is 20.1. The van der Waals surface area contributed by atoms with Gasteiger partial charge >= 0.3 is 0 Å². The number of para-hydroxylation sites is 1. The lowest BCUT2D eigenvalue weighted by Crippen LogP contribution is -2.41. The molecule has 2 aromatic heterocycles. The predicted octanol–water partition coefficient (Wildman–Crippen LogP) is 3.41. The molecular formula is C19H17N3O2S. The number of carbonyl (C=O) groups excluding carboxylic acids is 2. The first-order valence-electron chi connectivity index (χ1n) is 8.07. The third-order valence-electron chi connectivity index (χ3n) is 4.49. The lowest BCUT2D eigenvalue weighted by atomic mass is 10.0. The number of aromatic amines is 1. The maximum absolute atomic E-state index is 13.2. The van der Waals surface area contributed by atoms with E-state index in [1.165, 1.54) is 6.92 Å². The highest BCUT2D eigenvalue weighted by atomic mass is 32.2. The lowest BCUT2D eigenvalue weighted by molar-refractivity contribution is -0.130. The van der Waals surface area contributed by atoms with Gasteiger partial charge in [0.25, 0.3) is 0 Å². The van der Waals surface area contributed by atoms with Gasteiger partial charge in [-0.15, -0.1) is 11.8 Å². The Morgan fingerprint density at radius 1 is 1.24 bits per heavy atom. The Bertz CT molecular complexity index is 938. The Kier molecular flexibility index (Phi) is 4.05. The first kappa shape index (κ1) is 15.9. The van der Waals surface area contributed by atoms with Gasteiger partial charge in [0.1, 0.15) is 11.4 Å². The van der Waals surface area contributed by atoms with Crippen molar-refractivity contribution in [3.63, 3.8) is 0 Å². The second kappa shape index (κ2) is 6.37. The molecule has 0 spiro atoms. The number of H-pyrrole nitrogens is 1. The van der Waals surface area contributed by atoms with Crippen molar-refractivity contribution in [3.05, 3.63) is 66.1 Å². The molecule has 1 saturated heterocycles. The number of thioether (sulfide) groups is 1. The summed E-state index contributed by atoms with van der Waals surface area (Å²) >= 11 is 1.61. The van der Waals surface area contributed by atoms with Crippen LogP contribution in [0.1, 0.15) is 28.2 Å².